The van der Waals surface area contributed by atoms with Gasteiger partial charge in [0.1, 0.15) is 17.2 Å². The maximum atomic E-state index is 12.4. The highest BCUT2D eigenvalue weighted by Crippen LogP contribution is 2.23. The number of amides is 1. The third kappa shape index (κ3) is 3.93. The van der Waals surface area contributed by atoms with Crippen LogP contribution in [0.5, 0.6) is 17.2 Å². The minimum absolute atomic E-state index is 0.207. The summed E-state index contributed by atoms with van der Waals surface area (Å²) in [7, 11) is 1.59. The SMILES string of the molecule is COc1cccc(NC(=O)c2cccc(Oc3ccccc3)c2)c1. The third-order valence-corrected chi connectivity index (χ3v) is 3.40. The Morgan fingerprint density at radius 2 is 1.50 bits per heavy atom. The minimum atomic E-state index is -0.207. The number of benzene rings is 3. The molecule has 0 bridgehead atoms. The van der Waals surface area contributed by atoms with Gasteiger partial charge in [-0.3, -0.25) is 4.79 Å². The molecule has 1 N–H and O–H groups in total. The van der Waals surface area contributed by atoms with Crippen molar-refractivity contribution in [2.45, 2.75) is 0 Å². The first-order chi connectivity index (χ1) is 11.7. The molecule has 3 aromatic rings. The molecule has 0 aliphatic rings. The van der Waals surface area contributed by atoms with E-state index in [4.69, 9.17) is 9.47 Å². The number of carbonyl (C=O) groups is 1. The van der Waals surface area contributed by atoms with Gasteiger partial charge < -0.3 is 14.8 Å². The maximum absolute atomic E-state index is 12.4. The largest absolute Gasteiger partial charge is 0.497 e. The smallest absolute Gasteiger partial charge is 0.255 e. The van der Waals surface area contributed by atoms with E-state index in [0.717, 1.165) is 5.75 Å². The first-order valence-corrected chi connectivity index (χ1v) is 7.53. The number of hydrogen-bond acceptors (Lipinski definition) is 3. The van der Waals surface area contributed by atoms with Crippen molar-refractivity contribution >= 4 is 11.6 Å². The molecule has 0 saturated carbocycles. The lowest BCUT2D eigenvalue weighted by atomic mass is 10.2. The molecule has 0 spiro atoms. The molecule has 0 atom stereocenters. The standard InChI is InChI=1S/C20H17NO3/c1-23-18-11-6-8-16(14-18)21-20(22)15-7-5-12-19(13-15)24-17-9-3-2-4-10-17/h2-14H,1H3,(H,21,22). The van der Waals surface area contributed by atoms with Crippen molar-refractivity contribution in [3.05, 3.63) is 84.4 Å². The van der Waals surface area contributed by atoms with Crippen molar-refractivity contribution in [1.29, 1.82) is 0 Å². The molecule has 120 valence electrons. The normalized spacial score (nSPS) is 10.0. The lowest BCUT2D eigenvalue weighted by Crippen LogP contribution is -2.11. The average Bonchev–Trinajstić information content (AvgIpc) is 2.63. The van der Waals surface area contributed by atoms with Crippen molar-refractivity contribution in [3.63, 3.8) is 0 Å². The number of anilines is 1. The second-order valence-electron chi connectivity index (χ2n) is 5.13. The van der Waals surface area contributed by atoms with E-state index in [-0.39, 0.29) is 5.91 Å². The summed E-state index contributed by atoms with van der Waals surface area (Å²) in [5, 5.41) is 2.85. The molecule has 3 rings (SSSR count). The Hall–Kier alpha value is -3.27. The highest BCUT2D eigenvalue weighted by molar-refractivity contribution is 6.04. The van der Waals surface area contributed by atoms with E-state index in [2.05, 4.69) is 5.32 Å². The van der Waals surface area contributed by atoms with Crippen LogP contribution < -0.4 is 14.8 Å². The summed E-state index contributed by atoms with van der Waals surface area (Å²) in [6, 6.07) is 23.7. The van der Waals surface area contributed by atoms with E-state index in [1.165, 1.54) is 0 Å². The van der Waals surface area contributed by atoms with Crippen molar-refractivity contribution in [3.8, 4) is 17.2 Å². The van der Waals surface area contributed by atoms with E-state index >= 15 is 0 Å². The molecule has 0 fully saturated rings. The van der Waals surface area contributed by atoms with Crippen LogP contribution in [0.2, 0.25) is 0 Å². The van der Waals surface area contributed by atoms with Gasteiger partial charge >= 0.3 is 0 Å². The topological polar surface area (TPSA) is 47.6 Å². The molecule has 0 aliphatic heterocycles. The fraction of sp³-hybridized carbons (Fsp3) is 0.0500. The van der Waals surface area contributed by atoms with E-state index in [9.17, 15) is 4.79 Å². The Morgan fingerprint density at radius 3 is 2.29 bits per heavy atom. The molecule has 0 aliphatic carbocycles. The molecule has 0 unspecified atom stereocenters. The van der Waals surface area contributed by atoms with Gasteiger partial charge in [0.05, 0.1) is 7.11 Å². The first kappa shape index (κ1) is 15.6. The second kappa shape index (κ2) is 7.33. The van der Waals surface area contributed by atoms with Crippen molar-refractivity contribution in [2.75, 3.05) is 12.4 Å². The Kier molecular flexibility index (Phi) is 4.77. The molecule has 3 aromatic carbocycles. The third-order valence-electron chi connectivity index (χ3n) is 3.40. The van der Waals surface area contributed by atoms with Gasteiger partial charge in [0.2, 0.25) is 0 Å². The van der Waals surface area contributed by atoms with Gasteiger partial charge in [0, 0.05) is 17.3 Å². The quantitative estimate of drug-likeness (QED) is 0.739. The summed E-state index contributed by atoms with van der Waals surface area (Å²) in [6.07, 6.45) is 0. The van der Waals surface area contributed by atoms with E-state index < -0.39 is 0 Å². The van der Waals surface area contributed by atoms with Crippen molar-refractivity contribution in [1.82, 2.24) is 0 Å². The molecular weight excluding hydrogens is 302 g/mol. The fourth-order valence-electron chi connectivity index (χ4n) is 2.23. The van der Waals surface area contributed by atoms with Gasteiger partial charge in [0.25, 0.3) is 5.91 Å². The predicted octanol–water partition coefficient (Wildman–Crippen LogP) is 4.74. The molecule has 4 heteroatoms. The highest BCUT2D eigenvalue weighted by Gasteiger charge is 2.08. The van der Waals surface area contributed by atoms with Crippen LogP contribution in [0.3, 0.4) is 0 Å². The number of rotatable bonds is 5. The van der Waals surface area contributed by atoms with Gasteiger partial charge in [-0.25, -0.2) is 0 Å². The number of methoxy groups -OCH3 is 1. The van der Waals surface area contributed by atoms with Crippen LogP contribution in [-0.2, 0) is 0 Å². The van der Waals surface area contributed by atoms with Crippen LogP contribution in [0.4, 0.5) is 5.69 Å². The predicted molar refractivity (Wildman–Crippen MR) is 93.9 cm³/mol. The summed E-state index contributed by atoms with van der Waals surface area (Å²) in [4.78, 5) is 12.4. The number of ether oxygens (including phenoxy) is 2. The number of para-hydroxylation sites is 1. The van der Waals surface area contributed by atoms with Crippen LogP contribution in [0.15, 0.2) is 78.9 Å². The summed E-state index contributed by atoms with van der Waals surface area (Å²) < 4.78 is 10.9. The highest BCUT2D eigenvalue weighted by atomic mass is 16.5. The van der Waals surface area contributed by atoms with Crippen LogP contribution in [-0.4, -0.2) is 13.0 Å². The second-order valence-corrected chi connectivity index (χ2v) is 5.13. The number of nitrogens with one attached hydrogen (secondary N) is 1. The van der Waals surface area contributed by atoms with Gasteiger partial charge in [-0.1, -0.05) is 30.3 Å². The Bertz CT molecular complexity index is 831. The van der Waals surface area contributed by atoms with Gasteiger partial charge in [-0.05, 0) is 42.5 Å². The number of hydrogen-bond donors (Lipinski definition) is 1. The first-order valence-electron chi connectivity index (χ1n) is 7.53. The summed E-state index contributed by atoms with van der Waals surface area (Å²) >= 11 is 0. The Labute approximate surface area is 140 Å². The Morgan fingerprint density at radius 1 is 0.792 bits per heavy atom. The van der Waals surface area contributed by atoms with Crippen molar-refractivity contribution < 1.29 is 14.3 Å². The van der Waals surface area contributed by atoms with Crippen LogP contribution >= 0.6 is 0 Å². The zero-order valence-corrected chi connectivity index (χ0v) is 13.2. The molecule has 4 nitrogen and oxygen atoms in total. The van der Waals surface area contributed by atoms with Crippen molar-refractivity contribution in [2.24, 2.45) is 0 Å². The summed E-state index contributed by atoms with van der Waals surface area (Å²) in [6.45, 7) is 0. The number of carbonyl (C=O) groups excluding carboxylic acids is 1. The van der Waals surface area contributed by atoms with E-state index in [1.807, 2.05) is 54.6 Å². The summed E-state index contributed by atoms with van der Waals surface area (Å²) in [5.74, 6) is 1.82. The van der Waals surface area contributed by atoms with Gasteiger partial charge in [0.15, 0.2) is 0 Å². The van der Waals surface area contributed by atoms with Gasteiger partial charge in [-0.2, -0.15) is 0 Å². The van der Waals surface area contributed by atoms with E-state index in [0.29, 0.717) is 22.7 Å². The fourth-order valence-corrected chi connectivity index (χ4v) is 2.23. The zero-order chi connectivity index (χ0) is 16.8. The van der Waals surface area contributed by atoms with Crippen LogP contribution in [0.1, 0.15) is 10.4 Å². The lowest BCUT2D eigenvalue weighted by molar-refractivity contribution is 0.102. The molecule has 0 aromatic heterocycles. The Balaban J connectivity index is 1.74. The molecule has 0 saturated heterocycles. The minimum Gasteiger partial charge on any atom is -0.497 e. The van der Waals surface area contributed by atoms with Gasteiger partial charge in [-0.15, -0.1) is 0 Å². The molecule has 0 radical (unpaired) electrons. The lowest BCUT2D eigenvalue weighted by Gasteiger charge is -2.09. The monoisotopic (exact) mass is 319 g/mol. The zero-order valence-electron chi connectivity index (χ0n) is 13.2. The van der Waals surface area contributed by atoms with Crippen LogP contribution in [0.25, 0.3) is 0 Å². The molecule has 1 amide bonds. The van der Waals surface area contributed by atoms with Crippen LogP contribution in [0, 0.1) is 0 Å². The summed E-state index contributed by atoms with van der Waals surface area (Å²) in [5.41, 5.74) is 1.19. The average molecular weight is 319 g/mol. The molecular formula is C20H17NO3. The molecule has 24 heavy (non-hydrogen) atoms. The molecule has 0 heterocycles. The van der Waals surface area contributed by atoms with E-state index in [1.54, 1.807) is 31.4 Å². The maximum Gasteiger partial charge on any atom is 0.255 e.